The van der Waals surface area contributed by atoms with Crippen LogP contribution in [0.5, 0.6) is 5.75 Å². The van der Waals surface area contributed by atoms with Crippen molar-refractivity contribution in [3.63, 3.8) is 0 Å². The van der Waals surface area contributed by atoms with Crippen LogP contribution in [0.15, 0.2) is 36.7 Å². The van der Waals surface area contributed by atoms with E-state index >= 15 is 0 Å². The summed E-state index contributed by atoms with van der Waals surface area (Å²) in [7, 11) is 1.62. The minimum Gasteiger partial charge on any atom is -0.497 e. The zero-order valence-corrected chi connectivity index (χ0v) is 12.4. The summed E-state index contributed by atoms with van der Waals surface area (Å²) in [5, 5.41) is 6.05. The molecular weight excluding hydrogens is 266 g/mol. The molecule has 0 saturated heterocycles. The average molecular weight is 285 g/mol. The van der Waals surface area contributed by atoms with Crippen LogP contribution in [0.2, 0.25) is 0 Å². The van der Waals surface area contributed by atoms with Crippen molar-refractivity contribution in [3.05, 3.63) is 47.8 Å². The van der Waals surface area contributed by atoms with Crippen molar-refractivity contribution in [1.82, 2.24) is 4.98 Å². The van der Waals surface area contributed by atoms with Gasteiger partial charge in [0.1, 0.15) is 5.75 Å². The number of hydrogen-bond donors (Lipinski definition) is 2. The highest BCUT2D eigenvalue weighted by Crippen LogP contribution is 2.22. The first-order valence-corrected chi connectivity index (χ1v) is 6.79. The summed E-state index contributed by atoms with van der Waals surface area (Å²) >= 11 is 0. The van der Waals surface area contributed by atoms with Gasteiger partial charge in [0.05, 0.1) is 24.6 Å². The molecule has 0 aliphatic rings. The molecule has 2 N–H and O–H groups in total. The molecule has 1 aromatic heterocycles. The molecule has 0 saturated carbocycles. The van der Waals surface area contributed by atoms with E-state index in [1.54, 1.807) is 25.6 Å². The molecule has 21 heavy (non-hydrogen) atoms. The van der Waals surface area contributed by atoms with Crippen LogP contribution < -0.4 is 15.4 Å². The van der Waals surface area contributed by atoms with Crippen LogP contribution in [0.25, 0.3) is 0 Å². The number of anilines is 2. The van der Waals surface area contributed by atoms with Gasteiger partial charge in [0.15, 0.2) is 0 Å². The Morgan fingerprint density at radius 3 is 2.76 bits per heavy atom. The Morgan fingerprint density at radius 2 is 2.10 bits per heavy atom. The lowest BCUT2D eigenvalue weighted by Crippen LogP contribution is -2.15. The lowest BCUT2D eigenvalue weighted by molar-refractivity contribution is 0.102. The number of methoxy groups -OCH3 is 1. The quantitative estimate of drug-likeness (QED) is 0.886. The lowest BCUT2D eigenvalue weighted by atomic mass is 10.1. The van der Waals surface area contributed by atoms with Crippen molar-refractivity contribution < 1.29 is 9.53 Å². The highest BCUT2D eigenvalue weighted by molar-refractivity contribution is 6.08. The number of benzene rings is 1. The number of rotatable bonds is 5. The number of carbonyl (C=O) groups excluding carboxylic acids is 1. The van der Waals surface area contributed by atoms with Crippen LogP contribution in [0.4, 0.5) is 11.4 Å². The molecule has 1 heterocycles. The van der Waals surface area contributed by atoms with Crippen LogP contribution in [-0.4, -0.2) is 24.5 Å². The molecule has 1 amide bonds. The standard InChI is InChI=1S/C16H19N3O2/c1-4-18-15-10-17-8-7-13(15)16(20)19-14-6-5-12(21-3)9-11(14)2/h5-10,18H,4H2,1-3H3,(H,19,20). The molecule has 0 spiro atoms. The van der Waals surface area contributed by atoms with Crippen molar-refractivity contribution in [2.75, 3.05) is 24.3 Å². The molecule has 1 aromatic carbocycles. The summed E-state index contributed by atoms with van der Waals surface area (Å²) < 4.78 is 5.16. The van der Waals surface area contributed by atoms with E-state index < -0.39 is 0 Å². The fourth-order valence-corrected chi connectivity index (χ4v) is 2.02. The van der Waals surface area contributed by atoms with Gasteiger partial charge in [0, 0.05) is 18.4 Å². The molecule has 110 valence electrons. The molecular formula is C16H19N3O2. The molecule has 0 aliphatic heterocycles. The van der Waals surface area contributed by atoms with Gasteiger partial charge in [-0.05, 0) is 43.7 Å². The SMILES string of the molecule is CCNc1cnccc1C(=O)Nc1ccc(OC)cc1C. The Kier molecular flexibility index (Phi) is 4.77. The first kappa shape index (κ1) is 14.8. The maximum absolute atomic E-state index is 12.4. The Bertz CT molecular complexity index is 641. The fourth-order valence-electron chi connectivity index (χ4n) is 2.02. The zero-order valence-electron chi connectivity index (χ0n) is 12.4. The number of amides is 1. The Labute approximate surface area is 124 Å². The fraction of sp³-hybridized carbons (Fsp3) is 0.250. The first-order chi connectivity index (χ1) is 10.2. The van der Waals surface area contributed by atoms with E-state index in [1.807, 2.05) is 32.0 Å². The van der Waals surface area contributed by atoms with Crippen LogP contribution in [0.3, 0.4) is 0 Å². The molecule has 0 atom stereocenters. The van der Waals surface area contributed by atoms with E-state index in [2.05, 4.69) is 15.6 Å². The normalized spacial score (nSPS) is 10.0. The van der Waals surface area contributed by atoms with Crippen LogP contribution in [-0.2, 0) is 0 Å². The Morgan fingerprint density at radius 1 is 1.29 bits per heavy atom. The maximum Gasteiger partial charge on any atom is 0.257 e. The monoisotopic (exact) mass is 285 g/mol. The second-order valence-corrected chi connectivity index (χ2v) is 4.59. The van der Waals surface area contributed by atoms with E-state index in [9.17, 15) is 4.79 Å². The number of nitrogens with one attached hydrogen (secondary N) is 2. The summed E-state index contributed by atoms with van der Waals surface area (Å²) in [5.41, 5.74) is 3.01. The highest BCUT2D eigenvalue weighted by atomic mass is 16.5. The Hall–Kier alpha value is -2.56. The molecule has 0 unspecified atom stereocenters. The van der Waals surface area contributed by atoms with Crippen LogP contribution in [0.1, 0.15) is 22.8 Å². The maximum atomic E-state index is 12.4. The molecule has 0 aliphatic carbocycles. The number of aromatic nitrogens is 1. The summed E-state index contributed by atoms with van der Waals surface area (Å²) in [6, 6.07) is 7.24. The van der Waals surface area contributed by atoms with Gasteiger partial charge in [0.25, 0.3) is 5.91 Å². The van der Waals surface area contributed by atoms with Gasteiger partial charge >= 0.3 is 0 Å². The highest BCUT2D eigenvalue weighted by Gasteiger charge is 2.12. The topological polar surface area (TPSA) is 63.2 Å². The van der Waals surface area contributed by atoms with E-state index in [-0.39, 0.29) is 5.91 Å². The smallest absolute Gasteiger partial charge is 0.257 e. The summed E-state index contributed by atoms with van der Waals surface area (Å²) in [6.07, 6.45) is 3.26. The zero-order chi connectivity index (χ0) is 15.2. The van der Waals surface area contributed by atoms with Crippen molar-refractivity contribution in [2.45, 2.75) is 13.8 Å². The second kappa shape index (κ2) is 6.74. The third-order valence-electron chi connectivity index (χ3n) is 3.11. The number of aryl methyl sites for hydroxylation is 1. The predicted molar refractivity (Wildman–Crippen MR) is 84.1 cm³/mol. The van der Waals surface area contributed by atoms with E-state index in [0.29, 0.717) is 5.56 Å². The van der Waals surface area contributed by atoms with Crippen molar-refractivity contribution in [1.29, 1.82) is 0 Å². The van der Waals surface area contributed by atoms with Crippen molar-refractivity contribution >= 4 is 17.3 Å². The number of pyridine rings is 1. The van der Waals surface area contributed by atoms with Crippen molar-refractivity contribution in [2.24, 2.45) is 0 Å². The van der Waals surface area contributed by atoms with Crippen LogP contribution >= 0.6 is 0 Å². The number of hydrogen-bond acceptors (Lipinski definition) is 4. The predicted octanol–water partition coefficient (Wildman–Crippen LogP) is 3.08. The van der Waals surface area contributed by atoms with Gasteiger partial charge in [-0.1, -0.05) is 0 Å². The van der Waals surface area contributed by atoms with E-state index in [0.717, 1.165) is 29.2 Å². The minimum absolute atomic E-state index is 0.165. The van der Waals surface area contributed by atoms with Crippen molar-refractivity contribution in [3.8, 4) is 5.75 Å². The van der Waals surface area contributed by atoms with E-state index in [1.165, 1.54) is 0 Å². The molecule has 0 fully saturated rings. The lowest BCUT2D eigenvalue weighted by Gasteiger charge is -2.12. The van der Waals surface area contributed by atoms with Gasteiger partial charge in [-0.15, -0.1) is 0 Å². The number of nitrogens with zero attached hydrogens (tertiary/aromatic N) is 1. The summed E-state index contributed by atoms with van der Waals surface area (Å²) in [5.74, 6) is 0.601. The average Bonchev–Trinajstić information content (AvgIpc) is 2.50. The molecule has 0 bridgehead atoms. The summed E-state index contributed by atoms with van der Waals surface area (Å²) in [6.45, 7) is 4.63. The van der Waals surface area contributed by atoms with Gasteiger partial charge in [-0.2, -0.15) is 0 Å². The molecule has 2 rings (SSSR count). The van der Waals surface area contributed by atoms with Gasteiger partial charge < -0.3 is 15.4 Å². The third kappa shape index (κ3) is 3.51. The van der Waals surface area contributed by atoms with Gasteiger partial charge in [0.2, 0.25) is 0 Å². The molecule has 5 nitrogen and oxygen atoms in total. The molecule has 0 radical (unpaired) electrons. The second-order valence-electron chi connectivity index (χ2n) is 4.59. The minimum atomic E-state index is -0.165. The number of ether oxygens (including phenoxy) is 1. The Balaban J connectivity index is 2.22. The van der Waals surface area contributed by atoms with Gasteiger partial charge in [-0.3, -0.25) is 9.78 Å². The number of carbonyl (C=O) groups is 1. The van der Waals surface area contributed by atoms with E-state index in [4.69, 9.17) is 4.74 Å². The first-order valence-electron chi connectivity index (χ1n) is 6.79. The van der Waals surface area contributed by atoms with Gasteiger partial charge in [-0.25, -0.2) is 0 Å². The largest absolute Gasteiger partial charge is 0.497 e. The molecule has 2 aromatic rings. The molecule has 5 heteroatoms. The van der Waals surface area contributed by atoms with Crippen LogP contribution in [0, 0.1) is 6.92 Å². The third-order valence-corrected chi connectivity index (χ3v) is 3.11. The summed E-state index contributed by atoms with van der Waals surface area (Å²) in [4.78, 5) is 16.4.